The van der Waals surface area contributed by atoms with Crippen molar-refractivity contribution in [3.63, 3.8) is 0 Å². The molecule has 1 aromatic rings. The summed E-state index contributed by atoms with van der Waals surface area (Å²) >= 11 is 3.51. The monoisotopic (exact) mass is 335 g/mol. The second kappa shape index (κ2) is 5.30. The minimum absolute atomic E-state index is 0.0258. The quantitative estimate of drug-likeness (QED) is 0.853. The van der Waals surface area contributed by atoms with Crippen LogP contribution in [0.2, 0.25) is 0 Å². The fourth-order valence-electron chi connectivity index (χ4n) is 2.24. The molecule has 2 rings (SSSR count). The van der Waals surface area contributed by atoms with Crippen LogP contribution in [0, 0.1) is 6.92 Å². The first kappa shape index (κ1) is 14.0. The number of aryl methyl sites for hydroxylation is 2. The summed E-state index contributed by atoms with van der Waals surface area (Å²) in [5.74, 6) is 0.722. The maximum Gasteiger partial charge on any atom is 0.259 e. The minimum Gasteiger partial charge on any atom is -0.334 e. The van der Waals surface area contributed by atoms with Crippen molar-refractivity contribution in [2.45, 2.75) is 55.5 Å². The van der Waals surface area contributed by atoms with E-state index in [1.54, 1.807) is 6.20 Å². The molecule has 1 aliphatic carbocycles. The van der Waals surface area contributed by atoms with Gasteiger partial charge in [-0.05, 0) is 26.7 Å². The van der Waals surface area contributed by atoms with Gasteiger partial charge >= 0.3 is 0 Å². The zero-order chi connectivity index (χ0) is 13.3. The summed E-state index contributed by atoms with van der Waals surface area (Å²) in [6, 6.07) is -0.0258. The molecule has 1 aliphatic rings. The maximum absolute atomic E-state index is 12.2. The second-order valence-corrected chi connectivity index (χ2v) is 7.42. The smallest absolute Gasteiger partial charge is 0.259 e. The summed E-state index contributed by atoms with van der Waals surface area (Å²) in [4.78, 5) is 4.34. The van der Waals surface area contributed by atoms with Gasteiger partial charge in [-0.2, -0.15) is 0 Å². The van der Waals surface area contributed by atoms with Gasteiger partial charge in [0.1, 0.15) is 5.82 Å². The predicted octanol–water partition coefficient (Wildman–Crippen LogP) is 1.81. The Balaban J connectivity index is 2.19. The lowest BCUT2D eigenvalue weighted by Crippen LogP contribution is -2.37. The number of aromatic nitrogens is 2. The fourth-order valence-corrected chi connectivity index (χ4v) is 4.45. The summed E-state index contributed by atoms with van der Waals surface area (Å²) in [5.41, 5.74) is 0. The van der Waals surface area contributed by atoms with E-state index in [0.717, 1.165) is 31.6 Å². The van der Waals surface area contributed by atoms with Crippen LogP contribution in [0.25, 0.3) is 0 Å². The van der Waals surface area contributed by atoms with Crippen molar-refractivity contribution in [1.82, 2.24) is 14.3 Å². The molecule has 102 valence electrons. The number of sulfonamides is 1. The molecule has 0 bridgehead atoms. The molecule has 0 radical (unpaired) electrons. The summed E-state index contributed by atoms with van der Waals surface area (Å²) in [7, 11) is -3.50. The zero-order valence-corrected chi connectivity index (χ0v) is 13.0. The van der Waals surface area contributed by atoms with Crippen molar-refractivity contribution in [1.29, 1.82) is 0 Å². The number of nitrogens with zero attached hydrogens (tertiary/aromatic N) is 2. The van der Waals surface area contributed by atoms with Gasteiger partial charge < -0.3 is 4.57 Å². The van der Waals surface area contributed by atoms with Crippen molar-refractivity contribution in [3.8, 4) is 0 Å². The van der Waals surface area contributed by atoms with Gasteiger partial charge in [0.25, 0.3) is 10.0 Å². The van der Waals surface area contributed by atoms with Crippen LogP contribution in [0.4, 0.5) is 0 Å². The summed E-state index contributed by atoms with van der Waals surface area (Å²) in [5, 5.41) is 0.119. The van der Waals surface area contributed by atoms with Crippen LogP contribution in [-0.2, 0) is 16.6 Å². The first-order valence-electron chi connectivity index (χ1n) is 6.14. The van der Waals surface area contributed by atoms with Gasteiger partial charge in [-0.15, -0.1) is 0 Å². The standard InChI is InChI=1S/C11H18BrN3O2S/c1-3-15-7-11(13-8(15)2)18(16,17)14-10-6-4-5-9(10)12/h7,9-10,14H,3-6H2,1-2H3. The van der Waals surface area contributed by atoms with E-state index in [2.05, 4.69) is 25.6 Å². The highest BCUT2D eigenvalue weighted by Crippen LogP contribution is 2.26. The molecule has 1 saturated carbocycles. The van der Waals surface area contributed by atoms with E-state index in [9.17, 15) is 8.42 Å². The zero-order valence-electron chi connectivity index (χ0n) is 10.6. The van der Waals surface area contributed by atoms with Gasteiger partial charge in [0.15, 0.2) is 5.03 Å². The SMILES string of the molecule is CCn1cc(S(=O)(=O)NC2CCCC2Br)nc1C. The van der Waals surface area contributed by atoms with Crippen molar-refractivity contribution in [3.05, 3.63) is 12.0 Å². The van der Waals surface area contributed by atoms with E-state index in [-0.39, 0.29) is 15.9 Å². The average Bonchev–Trinajstić information content (AvgIpc) is 2.86. The fraction of sp³-hybridized carbons (Fsp3) is 0.727. The number of alkyl halides is 1. The molecule has 1 fully saturated rings. The molecule has 0 spiro atoms. The average molecular weight is 336 g/mol. The number of nitrogens with one attached hydrogen (secondary N) is 1. The largest absolute Gasteiger partial charge is 0.334 e. The van der Waals surface area contributed by atoms with Crippen molar-refractivity contribution >= 4 is 26.0 Å². The van der Waals surface area contributed by atoms with Crippen LogP contribution < -0.4 is 4.72 Å². The lowest BCUT2D eigenvalue weighted by Gasteiger charge is -2.14. The number of hydrogen-bond donors (Lipinski definition) is 1. The Morgan fingerprint density at radius 3 is 2.78 bits per heavy atom. The molecule has 2 atom stereocenters. The summed E-state index contributed by atoms with van der Waals surface area (Å²) in [6.45, 7) is 4.49. The second-order valence-electron chi connectivity index (χ2n) is 4.59. The first-order valence-corrected chi connectivity index (χ1v) is 8.54. The Hall–Kier alpha value is -0.400. The molecule has 0 aromatic carbocycles. The number of imidazole rings is 1. The van der Waals surface area contributed by atoms with Gasteiger partial charge in [-0.1, -0.05) is 22.4 Å². The van der Waals surface area contributed by atoms with E-state index < -0.39 is 10.0 Å². The molecule has 2 unspecified atom stereocenters. The highest BCUT2D eigenvalue weighted by atomic mass is 79.9. The van der Waals surface area contributed by atoms with Crippen molar-refractivity contribution < 1.29 is 8.42 Å². The Morgan fingerprint density at radius 2 is 2.28 bits per heavy atom. The predicted molar refractivity (Wildman–Crippen MR) is 73.3 cm³/mol. The Bertz CT molecular complexity index is 526. The Kier molecular flexibility index (Phi) is 4.13. The van der Waals surface area contributed by atoms with E-state index in [1.807, 2.05) is 18.4 Å². The topological polar surface area (TPSA) is 64.0 Å². The molecule has 18 heavy (non-hydrogen) atoms. The normalized spacial score (nSPS) is 24.6. The lowest BCUT2D eigenvalue weighted by molar-refractivity contribution is 0.553. The highest BCUT2D eigenvalue weighted by Gasteiger charge is 2.30. The summed E-state index contributed by atoms with van der Waals surface area (Å²) < 4.78 is 29.0. The van der Waals surface area contributed by atoms with E-state index >= 15 is 0 Å². The van der Waals surface area contributed by atoms with Crippen LogP contribution in [0.3, 0.4) is 0 Å². The first-order chi connectivity index (χ1) is 8.44. The molecule has 0 amide bonds. The van der Waals surface area contributed by atoms with Gasteiger partial charge in [-0.25, -0.2) is 18.1 Å². The van der Waals surface area contributed by atoms with Crippen LogP contribution in [0.5, 0.6) is 0 Å². The lowest BCUT2D eigenvalue weighted by atomic mass is 10.3. The third-order valence-corrected chi connectivity index (χ3v) is 5.76. The molecule has 1 aromatic heterocycles. The third-order valence-electron chi connectivity index (χ3n) is 3.31. The van der Waals surface area contributed by atoms with Crippen molar-refractivity contribution in [2.75, 3.05) is 0 Å². The molecular formula is C11H18BrN3O2S. The minimum atomic E-state index is -3.50. The molecule has 5 nitrogen and oxygen atoms in total. The van der Waals surface area contributed by atoms with Crippen LogP contribution >= 0.6 is 15.9 Å². The van der Waals surface area contributed by atoms with Crippen molar-refractivity contribution in [2.24, 2.45) is 0 Å². The van der Waals surface area contributed by atoms with Gasteiger partial charge in [0.2, 0.25) is 0 Å². The maximum atomic E-state index is 12.2. The van der Waals surface area contributed by atoms with E-state index in [0.29, 0.717) is 0 Å². The van der Waals surface area contributed by atoms with Crippen LogP contribution in [0.1, 0.15) is 32.0 Å². The molecule has 7 heteroatoms. The molecule has 1 N–H and O–H groups in total. The van der Waals surface area contributed by atoms with Gasteiger partial charge in [0.05, 0.1) is 0 Å². The third kappa shape index (κ3) is 2.78. The van der Waals surface area contributed by atoms with Gasteiger partial charge in [-0.3, -0.25) is 0 Å². The van der Waals surface area contributed by atoms with Crippen LogP contribution in [0.15, 0.2) is 11.2 Å². The molecule has 0 aliphatic heterocycles. The summed E-state index contributed by atoms with van der Waals surface area (Å²) in [6.07, 6.45) is 4.53. The number of rotatable bonds is 4. The van der Waals surface area contributed by atoms with Crippen LogP contribution in [-0.4, -0.2) is 28.8 Å². The van der Waals surface area contributed by atoms with E-state index in [1.165, 1.54) is 0 Å². The highest BCUT2D eigenvalue weighted by molar-refractivity contribution is 9.09. The van der Waals surface area contributed by atoms with E-state index in [4.69, 9.17) is 0 Å². The molecular weight excluding hydrogens is 318 g/mol. The number of hydrogen-bond acceptors (Lipinski definition) is 3. The molecule has 1 heterocycles. The Morgan fingerprint density at radius 1 is 1.56 bits per heavy atom. The Labute approximate surface area is 116 Å². The number of halogens is 1. The molecule has 0 saturated heterocycles. The van der Waals surface area contributed by atoms with Gasteiger partial charge in [0, 0.05) is 23.6 Å².